The number of benzene rings is 2. The zero-order valence-corrected chi connectivity index (χ0v) is 24.6. The number of rotatable bonds is 9. The van der Waals surface area contributed by atoms with Gasteiger partial charge in [0, 0.05) is 38.5 Å². The van der Waals surface area contributed by atoms with Gasteiger partial charge in [0.15, 0.2) is 0 Å². The molecule has 4 heterocycles. The molecule has 2 aromatic carbocycles. The lowest BCUT2D eigenvalue weighted by Crippen LogP contribution is -2.56. The molecule has 222 valence electrons. The third kappa shape index (κ3) is 4.38. The molecule has 0 radical (unpaired) electrons. The molecule has 0 bridgehead atoms. The third-order valence-corrected chi connectivity index (χ3v) is 9.62. The van der Waals surface area contributed by atoms with Gasteiger partial charge in [-0.15, -0.1) is 0 Å². The summed E-state index contributed by atoms with van der Waals surface area (Å²) in [5.41, 5.74) is -1.46. The largest absolute Gasteiger partial charge is 0.396 e. The molecule has 0 saturated carbocycles. The first-order valence-electron chi connectivity index (χ1n) is 15.5. The van der Waals surface area contributed by atoms with Crippen molar-refractivity contribution in [2.75, 3.05) is 37.7 Å². The van der Waals surface area contributed by atoms with Crippen LogP contribution in [-0.4, -0.2) is 82.7 Å². The lowest BCUT2D eigenvalue weighted by molar-refractivity contribution is -0.150. The normalized spacial score (nSPS) is 30.5. The molecule has 1 unspecified atom stereocenters. The van der Waals surface area contributed by atoms with E-state index in [2.05, 4.69) is 0 Å². The summed E-state index contributed by atoms with van der Waals surface area (Å²) in [6.45, 7) is 5.92. The highest BCUT2D eigenvalue weighted by atomic mass is 16.5. The maximum Gasteiger partial charge on any atom is 0.253 e. The zero-order valence-electron chi connectivity index (χ0n) is 24.6. The van der Waals surface area contributed by atoms with E-state index in [0.717, 1.165) is 29.3 Å². The summed E-state index contributed by atoms with van der Waals surface area (Å²) < 4.78 is 7.06. The van der Waals surface area contributed by atoms with Crippen LogP contribution >= 0.6 is 0 Å². The molecule has 8 nitrogen and oxygen atoms in total. The number of carbonyl (C=O) groups is 3. The molecule has 42 heavy (non-hydrogen) atoms. The van der Waals surface area contributed by atoms with Crippen molar-refractivity contribution in [3.05, 3.63) is 66.8 Å². The molecule has 8 heteroatoms. The minimum Gasteiger partial charge on any atom is -0.396 e. The number of anilines is 1. The summed E-state index contributed by atoms with van der Waals surface area (Å²) in [5.74, 6) is -1.97. The number of fused-ring (bicyclic) bond motifs is 3. The van der Waals surface area contributed by atoms with Crippen molar-refractivity contribution in [1.82, 2.24) is 9.80 Å². The second-order valence-corrected chi connectivity index (χ2v) is 12.0. The molecule has 4 aliphatic rings. The Morgan fingerprint density at radius 1 is 0.857 bits per heavy atom. The molecule has 0 aliphatic carbocycles. The highest BCUT2D eigenvalue weighted by Crippen LogP contribution is 2.58. The van der Waals surface area contributed by atoms with Crippen molar-refractivity contribution >= 4 is 34.2 Å². The van der Waals surface area contributed by atoms with Crippen LogP contribution in [0.2, 0.25) is 0 Å². The Bertz CT molecular complexity index is 1440. The Hall–Kier alpha value is -3.49. The van der Waals surface area contributed by atoms with E-state index in [1.807, 2.05) is 85.5 Å². The van der Waals surface area contributed by atoms with Crippen molar-refractivity contribution < 1.29 is 24.2 Å². The smallest absolute Gasteiger partial charge is 0.253 e. The first-order chi connectivity index (χ1) is 20.4. The van der Waals surface area contributed by atoms with Gasteiger partial charge in [-0.25, -0.2) is 0 Å². The Labute approximate surface area is 247 Å². The van der Waals surface area contributed by atoms with Crippen molar-refractivity contribution in [1.29, 1.82) is 0 Å². The number of unbranched alkanes of at least 4 members (excludes halogenated alkanes) is 2. The number of nitrogens with zero attached hydrogens (tertiary/aromatic N) is 3. The summed E-state index contributed by atoms with van der Waals surface area (Å²) >= 11 is 0. The number of aliphatic hydroxyl groups excluding tert-OH is 1. The third-order valence-electron chi connectivity index (χ3n) is 9.62. The maximum absolute atomic E-state index is 14.7. The summed E-state index contributed by atoms with van der Waals surface area (Å²) in [5, 5.41) is 11.5. The molecule has 1 spiro atoms. The highest BCUT2D eigenvalue weighted by Gasteiger charge is 2.75. The predicted octanol–water partition coefficient (Wildman–Crippen LogP) is 4.07. The molecular weight excluding hydrogens is 530 g/mol. The van der Waals surface area contributed by atoms with Crippen LogP contribution in [0.15, 0.2) is 66.8 Å². The molecular formula is C34H41N3O5. The summed E-state index contributed by atoms with van der Waals surface area (Å²) in [4.78, 5) is 48.7. The summed E-state index contributed by atoms with van der Waals surface area (Å²) in [7, 11) is 0. The van der Waals surface area contributed by atoms with Crippen LogP contribution in [0.25, 0.3) is 10.8 Å². The van der Waals surface area contributed by atoms with Crippen molar-refractivity contribution in [3.63, 3.8) is 0 Å². The van der Waals surface area contributed by atoms with Crippen molar-refractivity contribution in [3.8, 4) is 0 Å². The fourth-order valence-electron chi connectivity index (χ4n) is 7.67. The van der Waals surface area contributed by atoms with E-state index < -0.39 is 29.1 Å². The van der Waals surface area contributed by atoms with Gasteiger partial charge >= 0.3 is 0 Å². The van der Waals surface area contributed by atoms with E-state index in [1.165, 1.54) is 0 Å². The minimum absolute atomic E-state index is 0.0729. The number of hydrogen-bond acceptors (Lipinski definition) is 5. The monoisotopic (exact) mass is 571 g/mol. The number of aliphatic hydroxyl groups is 1. The Morgan fingerprint density at radius 3 is 2.40 bits per heavy atom. The van der Waals surface area contributed by atoms with Crippen LogP contribution < -0.4 is 4.90 Å². The van der Waals surface area contributed by atoms with Crippen LogP contribution in [0, 0.1) is 11.8 Å². The SMILES string of the molecule is CCCN1CC=C[C@]2(CC)O[C@]34C=CCN(c5ccc6ccccc6c5)C(=O)C3N(CCCCCO)C(=O)[C@@H]4[C@@H]2C1=O. The molecule has 3 amide bonds. The number of likely N-dealkylation sites (tertiary alicyclic amines) is 1. The van der Waals surface area contributed by atoms with Gasteiger partial charge in [-0.05, 0) is 55.0 Å². The van der Waals surface area contributed by atoms with Gasteiger partial charge in [0.2, 0.25) is 11.8 Å². The molecule has 2 aromatic rings. The summed E-state index contributed by atoms with van der Waals surface area (Å²) in [6.07, 6.45) is 11.2. The van der Waals surface area contributed by atoms with E-state index in [4.69, 9.17) is 4.74 Å². The van der Waals surface area contributed by atoms with E-state index in [9.17, 15) is 19.5 Å². The Balaban J connectivity index is 1.45. The predicted molar refractivity (Wildman–Crippen MR) is 162 cm³/mol. The number of amides is 3. The molecule has 2 fully saturated rings. The second-order valence-electron chi connectivity index (χ2n) is 12.0. The van der Waals surface area contributed by atoms with Gasteiger partial charge in [0.25, 0.3) is 5.91 Å². The van der Waals surface area contributed by atoms with Crippen molar-refractivity contribution in [2.45, 2.75) is 63.2 Å². The topological polar surface area (TPSA) is 90.4 Å². The van der Waals surface area contributed by atoms with E-state index in [0.29, 0.717) is 45.4 Å². The number of hydrogen-bond donors (Lipinski definition) is 1. The molecule has 5 atom stereocenters. The second kappa shape index (κ2) is 11.3. The fourth-order valence-corrected chi connectivity index (χ4v) is 7.67. The minimum atomic E-state index is -1.26. The molecule has 2 saturated heterocycles. The van der Waals surface area contributed by atoms with Crippen LogP contribution in [0.1, 0.15) is 46.0 Å². The van der Waals surface area contributed by atoms with Gasteiger partial charge in [-0.2, -0.15) is 0 Å². The lowest BCUT2D eigenvalue weighted by Gasteiger charge is -2.38. The Kier molecular flexibility index (Phi) is 7.70. The standard InChI is InChI=1S/C34H41N3O5/c1-3-18-35-19-10-16-33(4-2)27(30(35)39)28-31(40)37(20-8-5-9-22-38)29-32(41)36(21-11-17-34(28,29)42-33)26-15-14-24-12-6-7-13-25(24)23-26/h6-7,10-17,23,27-29,38H,3-5,8-9,18-22H2,1-2H3/t27-,28+,29?,33+,34+/m1/s1. The van der Waals surface area contributed by atoms with Gasteiger partial charge in [0.1, 0.15) is 11.6 Å². The van der Waals surface area contributed by atoms with Crippen LogP contribution in [0.3, 0.4) is 0 Å². The Morgan fingerprint density at radius 2 is 1.64 bits per heavy atom. The fraction of sp³-hybridized carbons (Fsp3) is 0.500. The van der Waals surface area contributed by atoms with Gasteiger partial charge in [-0.3, -0.25) is 14.4 Å². The van der Waals surface area contributed by atoms with Crippen LogP contribution in [0.4, 0.5) is 5.69 Å². The first-order valence-corrected chi connectivity index (χ1v) is 15.5. The molecule has 0 aromatic heterocycles. The van der Waals surface area contributed by atoms with E-state index in [1.54, 1.807) is 9.80 Å². The van der Waals surface area contributed by atoms with Gasteiger partial charge in [-0.1, -0.05) is 68.5 Å². The van der Waals surface area contributed by atoms with Gasteiger partial charge < -0.3 is 24.5 Å². The van der Waals surface area contributed by atoms with Crippen LogP contribution in [0.5, 0.6) is 0 Å². The summed E-state index contributed by atoms with van der Waals surface area (Å²) in [6, 6.07) is 13.1. The molecule has 6 rings (SSSR count). The van der Waals surface area contributed by atoms with E-state index >= 15 is 0 Å². The maximum atomic E-state index is 14.7. The zero-order chi connectivity index (χ0) is 29.5. The molecule has 4 aliphatic heterocycles. The number of ether oxygens (including phenoxy) is 1. The van der Waals surface area contributed by atoms with Crippen LogP contribution in [-0.2, 0) is 19.1 Å². The number of carbonyl (C=O) groups excluding carboxylic acids is 3. The lowest BCUT2D eigenvalue weighted by atomic mass is 9.73. The molecule has 1 N–H and O–H groups in total. The average Bonchev–Trinajstić information content (AvgIpc) is 3.29. The van der Waals surface area contributed by atoms with Gasteiger partial charge in [0.05, 0.1) is 17.4 Å². The highest BCUT2D eigenvalue weighted by molar-refractivity contribution is 6.06. The quantitative estimate of drug-likeness (QED) is 0.362. The average molecular weight is 572 g/mol. The van der Waals surface area contributed by atoms with E-state index in [-0.39, 0.29) is 24.3 Å². The van der Waals surface area contributed by atoms with Crippen molar-refractivity contribution in [2.24, 2.45) is 11.8 Å². The first kappa shape index (κ1) is 28.6.